The van der Waals surface area contributed by atoms with Gasteiger partial charge >= 0.3 is 0 Å². The number of aryl methyl sites for hydroxylation is 1. The molecule has 3 heterocycles. The van der Waals surface area contributed by atoms with E-state index in [0.717, 1.165) is 33.7 Å². The van der Waals surface area contributed by atoms with Crippen LogP contribution in [0.15, 0.2) is 66.0 Å². The number of ether oxygens (including phenoxy) is 2. The normalized spacial score (nSPS) is 19.8. The number of hydrogen-bond acceptors (Lipinski definition) is 6. The third-order valence-corrected chi connectivity index (χ3v) is 5.43. The maximum atomic E-state index is 10.4. The minimum Gasteiger partial charge on any atom is -0.507 e. The molecule has 2 aliphatic heterocycles. The Morgan fingerprint density at radius 1 is 1.17 bits per heavy atom. The molecule has 0 aliphatic carbocycles. The molecule has 1 N–H and O–H groups in total. The van der Waals surface area contributed by atoms with Crippen molar-refractivity contribution in [3.05, 3.63) is 83.2 Å². The van der Waals surface area contributed by atoms with Crippen LogP contribution >= 0.6 is 0 Å². The number of hydrazone groups is 1. The van der Waals surface area contributed by atoms with E-state index in [-0.39, 0.29) is 11.8 Å². The zero-order chi connectivity index (χ0) is 20.0. The number of benzene rings is 2. The first kappa shape index (κ1) is 17.6. The number of para-hydroxylation sites is 1. The monoisotopic (exact) mass is 387 g/mol. The lowest BCUT2D eigenvalue weighted by Gasteiger charge is -2.38. The van der Waals surface area contributed by atoms with Gasteiger partial charge in [0.2, 0.25) is 6.23 Å². The van der Waals surface area contributed by atoms with Gasteiger partial charge in [0.05, 0.1) is 18.9 Å². The molecule has 0 saturated heterocycles. The summed E-state index contributed by atoms with van der Waals surface area (Å²) >= 11 is 0. The van der Waals surface area contributed by atoms with Crippen molar-refractivity contribution in [3.8, 4) is 17.2 Å². The number of methoxy groups -OCH3 is 1. The number of aromatic hydroxyl groups is 1. The average molecular weight is 387 g/mol. The van der Waals surface area contributed by atoms with E-state index in [1.54, 1.807) is 25.6 Å². The summed E-state index contributed by atoms with van der Waals surface area (Å²) < 4.78 is 11.9. The number of hydrogen-bond donors (Lipinski definition) is 1. The molecule has 5 rings (SSSR count). The number of aromatic nitrogens is 1. The highest BCUT2D eigenvalue weighted by atomic mass is 16.5. The lowest BCUT2D eigenvalue weighted by molar-refractivity contribution is -0.0211. The smallest absolute Gasteiger partial charge is 0.215 e. The zero-order valence-electron chi connectivity index (χ0n) is 16.2. The van der Waals surface area contributed by atoms with Crippen LogP contribution in [0.25, 0.3) is 0 Å². The van der Waals surface area contributed by atoms with Crippen molar-refractivity contribution in [2.24, 2.45) is 5.10 Å². The molecule has 6 heteroatoms. The van der Waals surface area contributed by atoms with E-state index in [9.17, 15) is 5.11 Å². The molecule has 3 aromatic rings. The van der Waals surface area contributed by atoms with E-state index < -0.39 is 6.23 Å². The standard InChI is InChI=1S/C23H21N3O3/c1-14-8-9-20(27)17(11-14)18-12-19-16-6-3-7-21(28-2)22(16)29-23(26(19)25-18)15-5-4-10-24-13-15/h3-11,13,19,23,27H,12H2,1-2H3/t19-,23-/m0/s1. The van der Waals surface area contributed by atoms with Crippen LogP contribution in [0.3, 0.4) is 0 Å². The zero-order valence-corrected chi connectivity index (χ0v) is 16.2. The van der Waals surface area contributed by atoms with Gasteiger partial charge in [-0.1, -0.05) is 29.8 Å². The van der Waals surface area contributed by atoms with Gasteiger partial charge in [-0.2, -0.15) is 5.10 Å². The number of phenols is 1. The molecule has 6 nitrogen and oxygen atoms in total. The van der Waals surface area contributed by atoms with Crippen LogP contribution in [0.1, 0.15) is 40.9 Å². The first-order valence-electron chi connectivity index (χ1n) is 9.55. The van der Waals surface area contributed by atoms with Gasteiger partial charge in [0.15, 0.2) is 11.5 Å². The van der Waals surface area contributed by atoms with Crippen molar-refractivity contribution in [1.82, 2.24) is 9.99 Å². The Balaban J connectivity index is 1.64. The summed E-state index contributed by atoms with van der Waals surface area (Å²) in [5, 5.41) is 17.3. The second-order valence-corrected chi connectivity index (χ2v) is 7.30. The van der Waals surface area contributed by atoms with Gasteiger partial charge in [-0.3, -0.25) is 4.98 Å². The number of phenolic OH excluding ortho intramolecular Hbond substituents is 1. The van der Waals surface area contributed by atoms with E-state index in [1.165, 1.54) is 0 Å². The van der Waals surface area contributed by atoms with Crippen molar-refractivity contribution in [2.75, 3.05) is 7.11 Å². The highest BCUT2D eigenvalue weighted by Gasteiger charge is 2.42. The SMILES string of the molecule is COc1cccc2c1O[C@@H](c1cccnc1)N1N=C(c3cc(C)ccc3O)C[C@@H]21. The molecule has 2 aliphatic rings. The minimum absolute atomic E-state index is 0.0195. The van der Waals surface area contributed by atoms with Crippen molar-refractivity contribution in [1.29, 1.82) is 0 Å². The van der Waals surface area contributed by atoms with E-state index in [4.69, 9.17) is 14.6 Å². The van der Waals surface area contributed by atoms with Crippen LogP contribution in [-0.2, 0) is 0 Å². The molecule has 0 fully saturated rings. The number of pyridine rings is 1. The Morgan fingerprint density at radius 2 is 2.07 bits per heavy atom. The van der Waals surface area contributed by atoms with Gasteiger partial charge in [0, 0.05) is 35.5 Å². The third-order valence-electron chi connectivity index (χ3n) is 5.43. The van der Waals surface area contributed by atoms with Crippen LogP contribution in [0, 0.1) is 6.92 Å². The van der Waals surface area contributed by atoms with Crippen molar-refractivity contribution in [2.45, 2.75) is 25.6 Å². The lowest BCUT2D eigenvalue weighted by atomic mass is 9.95. The number of nitrogens with zero attached hydrogens (tertiary/aromatic N) is 3. The average Bonchev–Trinajstić information content (AvgIpc) is 3.20. The second kappa shape index (κ2) is 6.81. The predicted octanol–water partition coefficient (Wildman–Crippen LogP) is 4.35. The summed E-state index contributed by atoms with van der Waals surface area (Å²) in [6, 6.07) is 15.3. The van der Waals surface area contributed by atoms with Gasteiger partial charge in [0.25, 0.3) is 0 Å². The fraction of sp³-hybridized carbons (Fsp3) is 0.217. The van der Waals surface area contributed by atoms with Crippen molar-refractivity contribution >= 4 is 5.71 Å². The lowest BCUT2D eigenvalue weighted by Crippen LogP contribution is -2.33. The molecule has 29 heavy (non-hydrogen) atoms. The van der Waals surface area contributed by atoms with Crippen LogP contribution in [-0.4, -0.2) is 27.9 Å². The van der Waals surface area contributed by atoms with Crippen LogP contribution < -0.4 is 9.47 Å². The molecule has 146 valence electrons. The Kier molecular flexibility index (Phi) is 4.12. The number of rotatable bonds is 3. The molecule has 0 amide bonds. The highest BCUT2D eigenvalue weighted by molar-refractivity contribution is 6.04. The van der Waals surface area contributed by atoms with Crippen LogP contribution in [0.2, 0.25) is 0 Å². The Hall–Kier alpha value is -3.54. The fourth-order valence-corrected chi connectivity index (χ4v) is 4.03. The Labute approximate surface area is 169 Å². The van der Waals surface area contributed by atoms with E-state index in [1.807, 2.05) is 54.4 Å². The van der Waals surface area contributed by atoms with Crippen LogP contribution in [0.5, 0.6) is 17.2 Å². The van der Waals surface area contributed by atoms with E-state index in [2.05, 4.69) is 4.98 Å². The third kappa shape index (κ3) is 2.88. The van der Waals surface area contributed by atoms with Gasteiger partial charge in [-0.25, -0.2) is 5.01 Å². The second-order valence-electron chi connectivity index (χ2n) is 7.30. The van der Waals surface area contributed by atoms with Gasteiger partial charge in [-0.05, 0) is 31.2 Å². The molecule has 2 atom stereocenters. The summed E-state index contributed by atoms with van der Waals surface area (Å²) in [7, 11) is 1.64. The molecule has 0 saturated carbocycles. The van der Waals surface area contributed by atoms with E-state index in [0.29, 0.717) is 12.2 Å². The summed E-state index contributed by atoms with van der Waals surface area (Å²) in [6.07, 6.45) is 3.76. The van der Waals surface area contributed by atoms with Gasteiger partial charge in [-0.15, -0.1) is 0 Å². The predicted molar refractivity (Wildman–Crippen MR) is 109 cm³/mol. The molecular formula is C23H21N3O3. The molecular weight excluding hydrogens is 366 g/mol. The first-order valence-corrected chi connectivity index (χ1v) is 9.55. The molecule has 2 aromatic carbocycles. The van der Waals surface area contributed by atoms with Crippen molar-refractivity contribution < 1.29 is 14.6 Å². The van der Waals surface area contributed by atoms with E-state index >= 15 is 0 Å². The minimum atomic E-state index is -0.429. The highest BCUT2D eigenvalue weighted by Crippen LogP contribution is 2.50. The quantitative estimate of drug-likeness (QED) is 0.724. The van der Waals surface area contributed by atoms with Gasteiger partial charge < -0.3 is 14.6 Å². The summed E-state index contributed by atoms with van der Waals surface area (Å²) in [5.41, 5.74) is 4.61. The number of fused-ring (bicyclic) bond motifs is 3. The Bertz CT molecular complexity index is 1100. The van der Waals surface area contributed by atoms with Crippen molar-refractivity contribution in [3.63, 3.8) is 0 Å². The maximum Gasteiger partial charge on any atom is 0.215 e. The van der Waals surface area contributed by atoms with Crippen LogP contribution in [0.4, 0.5) is 0 Å². The summed E-state index contributed by atoms with van der Waals surface area (Å²) in [4.78, 5) is 4.25. The molecule has 1 aromatic heterocycles. The topological polar surface area (TPSA) is 67.2 Å². The summed E-state index contributed by atoms with van der Waals surface area (Å²) in [6.45, 7) is 2.01. The molecule has 0 radical (unpaired) electrons. The maximum absolute atomic E-state index is 10.4. The molecule has 0 bridgehead atoms. The molecule has 0 unspecified atom stereocenters. The Morgan fingerprint density at radius 3 is 2.86 bits per heavy atom. The fourth-order valence-electron chi connectivity index (χ4n) is 4.03. The molecule has 0 spiro atoms. The largest absolute Gasteiger partial charge is 0.507 e. The van der Waals surface area contributed by atoms with Gasteiger partial charge in [0.1, 0.15) is 5.75 Å². The summed E-state index contributed by atoms with van der Waals surface area (Å²) in [5.74, 6) is 1.66. The first-order chi connectivity index (χ1) is 14.2.